The zero-order valence-electron chi connectivity index (χ0n) is 25.3. The van der Waals surface area contributed by atoms with Crippen molar-refractivity contribution in [3.63, 3.8) is 0 Å². The second-order valence-electron chi connectivity index (χ2n) is 11.6. The van der Waals surface area contributed by atoms with Crippen molar-refractivity contribution in [3.05, 3.63) is 71.7 Å². The number of hydrogen-bond donors (Lipinski definition) is 2. The molecule has 1 aliphatic rings. The molecule has 0 saturated carbocycles. The Hall–Kier alpha value is -4.59. The maximum atomic E-state index is 15.5. The molecule has 14 heteroatoms. The molecule has 1 N–H and O–H groups in total. The lowest BCUT2D eigenvalue weighted by Crippen LogP contribution is -2.50. The standard InChI is InChI=1S/C31H34F2N6O5S/c1-5-10-39(45(42)43)24-8-7-23(32)26(27(24)33)28(40)22-18-36-29-21(22)15-20(17-35-29)19-6-9-25(34-16-19)37-11-13-38(14-12-37)30(41)44-31(2,3)4/h6-9,15-18,45H,5,10-14H2,1-4H3,(H,35,36). The van der Waals surface area contributed by atoms with Crippen LogP contribution in [0.5, 0.6) is 0 Å². The summed E-state index contributed by atoms with van der Waals surface area (Å²) in [6.45, 7) is 9.36. The highest BCUT2D eigenvalue weighted by Crippen LogP contribution is 2.31. The van der Waals surface area contributed by atoms with Gasteiger partial charge in [-0.05, 0) is 57.5 Å². The van der Waals surface area contributed by atoms with Gasteiger partial charge < -0.3 is 19.5 Å². The van der Waals surface area contributed by atoms with Gasteiger partial charge in [-0.3, -0.25) is 9.10 Å². The van der Waals surface area contributed by atoms with Crippen LogP contribution in [0.2, 0.25) is 0 Å². The van der Waals surface area contributed by atoms with Gasteiger partial charge in [-0.25, -0.2) is 32.0 Å². The highest BCUT2D eigenvalue weighted by molar-refractivity contribution is 7.74. The maximum absolute atomic E-state index is 15.5. The van der Waals surface area contributed by atoms with E-state index in [1.807, 2.05) is 32.9 Å². The molecule has 1 aromatic carbocycles. The van der Waals surface area contributed by atoms with Gasteiger partial charge >= 0.3 is 6.09 Å². The summed E-state index contributed by atoms with van der Waals surface area (Å²) in [7, 11) is -3.21. The molecule has 0 unspecified atom stereocenters. The van der Waals surface area contributed by atoms with Crippen LogP contribution in [0, 0.1) is 11.6 Å². The molecule has 1 fully saturated rings. The number of carbonyl (C=O) groups is 2. The first-order valence-electron chi connectivity index (χ1n) is 14.5. The van der Waals surface area contributed by atoms with Crippen LogP contribution in [0.1, 0.15) is 50.0 Å². The SMILES string of the molecule is CCCN(c1ccc(F)c(C(=O)c2c[nH]c3ncc(-c4ccc(N5CCN(C(=O)OC(C)(C)C)CC5)nc4)cc23)c1F)[SH](=O)=O. The van der Waals surface area contributed by atoms with Gasteiger partial charge in [-0.2, -0.15) is 0 Å². The van der Waals surface area contributed by atoms with Crippen LogP contribution in [0.4, 0.5) is 25.1 Å². The number of halogens is 2. The van der Waals surface area contributed by atoms with Crippen LogP contribution in [0.3, 0.4) is 0 Å². The molecular weight excluding hydrogens is 606 g/mol. The van der Waals surface area contributed by atoms with Crippen molar-refractivity contribution in [2.24, 2.45) is 0 Å². The number of ketones is 1. The number of aromatic amines is 1. The number of fused-ring (bicyclic) bond motifs is 1. The Bertz CT molecular complexity index is 1800. The second kappa shape index (κ2) is 12.8. The number of piperazine rings is 1. The van der Waals surface area contributed by atoms with Gasteiger partial charge in [0.25, 0.3) is 0 Å². The first-order valence-corrected chi connectivity index (χ1v) is 15.6. The molecule has 1 amide bonds. The normalized spacial score (nSPS) is 13.8. The Morgan fingerprint density at radius 1 is 1.02 bits per heavy atom. The molecule has 0 atom stereocenters. The lowest BCUT2D eigenvalue weighted by molar-refractivity contribution is 0.0240. The molecule has 3 aromatic heterocycles. The van der Waals surface area contributed by atoms with E-state index < -0.39 is 45.2 Å². The molecule has 1 aliphatic heterocycles. The minimum absolute atomic E-state index is 0.0182. The Balaban J connectivity index is 1.37. The zero-order valence-corrected chi connectivity index (χ0v) is 26.2. The van der Waals surface area contributed by atoms with E-state index in [2.05, 4.69) is 19.9 Å². The van der Waals surface area contributed by atoms with Crippen molar-refractivity contribution >= 4 is 45.3 Å². The van der Waals surface area contributed by atoms with Crippen LogP contribution in [0.15, 0.2) is 48.9 Å². The maximum Gasteiger partial charge on any atom is 0.410 e. The van der Waals surface area contributed by atoms with Gasteiger partial charge in [0.1, 0.15) is 22.9 Å². The van der Waals surface area contributed by atoms with Crippen molar-refractivity contribution in [1.82, 2.24) is 19.9 Å². The number of aromatic nitrogens is 3. The van der Waals surface area contributed by atoms with E-state index in [9.17, 15) is 22.4 Å². The Labute approximate surface area is 260 Å². The van der Waals surface area contributed by atoms with Crippen molar-refractivity contribution in [1.29, 1.82) is 0 Å². The van der Waals surface area contributed by atoms with Crippen molar-refractivity contribution in [2.45, 2.75) is 39.7 Å². The fourth-order valence-electron chi connectivity index (χ4n) is 5.12. The average molecular weight is 641 g/mol. The van der Waals surface area contributed by atoms with Crippen molar-refractivity contribution in [3.8, 4) is 11.1 Å². The first-order chi connectivity index (χ1) is 21.4. The molecule has 5 rings (SSSR count). The summed E-state index contributed by atoms with van der Waals surface area (Å²) in [5.41, 5.74) is -0.168. The molecule has 4 heterocycles. The molecular formula is C31H34F2N6O5S. The monoisotopic (exact) mass is 640 g/mol. The number of nitrogens with zero attached hydrogens (tertiary/aromatic N) is 5. The smallest absolute Gasteiger partial charge is 0.410 e. The predicted octanol–water partition coefficient (Wildman–Crippen LogP) is 4.93. The summed E-state index contributed by atoms with van der Waals surface area (Å²) in [5, 5.41) is 0.337. The van der Waals surface area contributed by atoms with Crippen LogP contribution >= 0.6 is 0 Å². The van der Waals surface area contributed by atoms with Crippen LogP contribution in [-0.2, 0) is 15.6 Å². The number of hydrogen-bond acceptors (Lipinski definition) is 8. The fourth-order valence-corrected chi connectivity index (χ4v) is 5.82. The van der Waals surface area contributed by atoms with Gasteiger partial charge in [0.2, 0.25) is 16.7 Å². The zero-order chi connectivity index (χ0) is 32.5. The summed E-state index contributed by atoms with van der Waals surface area (Å²) in [6, 6.07) is 7.28. The second-order valence-corrected chi connectivity index (χ2v) is 12.6. The van der Waals surface area contributed by atoms with E-state index in [1.165, 1.54) is 6.20 Å². The molecule has 0 spiro atoms. The van der Waals surface area contributed by atoms with Gasteiger partial charge in [-0.1, -0.05) is 6.92 Å². The minimum atomic E-state index is -3.21. The van der Waals surface area contributed by atoms with Crippen molar-refractivity contribution in [2.75, 3.05) is 41.9 Å². The number of rotatable bonds is 8. The van der Waals surface area contributed by atoms with Crippen LogP contribution in [-0.4, -0.2) is 78.5 Å². The lowest BCUT2D eigenvalue weighted by Gasteiger charge is -2.36. The average Bonchev–Trinajstić information content (AvgIpc) is 3.43. The van der Waals surface area contributed by atoms with Crippen LogP contribution < -0.4 is 9.21 Å². The van der Waals surface area contributed by atoms with E-state index >= 15 is 4.39 Å². The molecule has 238 valence electrons. The van der Waals surface area contributed by atoms with E-state index in [-0.39, 0.29) is 18.2 Å². The third-order valence-electron chi connectivity index (χ3n) is 7.32. The summed E-state index contributed by atoms with van der Waals surface area (Å²) < 4.78 is 60.2. The Morgan fingerprint density at radius 3 is 2.36 bits per heavy atom. The highest BCUT2D eigenvalue weighted by atomic mass is 32.2. The summed E-state index contributed by atoms with van der Waals surface area (Å²) in [6.07, 6.45) is 4.64. The molecule has 45 heavy (non-hydrogen) atoms. The number of thiol groups is 1. The molecule has 0 radical (unpaired) electrons. The Kier molecular flexibility index (Phi) is 9.05. The molecule has 4 aromatic rings. The summed E-state index contributed by atoms with van der Waals surface area (Å²) in [5.74, 6) is -2.58. The number of carbonyl (C=O) groups excluding carboxylic acids is 2. The summed E-state index contributed by atoms with van der Waals surface area (Å²) in [4.78, 5) is 41.5. The largest absolute Gasteiger partial charge is 0.444 e. The fraction of sp³-hybridized carbons (Fsp3) is 0.355. The number of nitrogens with one attached hydrogen (secondary N) is 1. The van der Waals surface area contributed by atoms with E-state index in [1.54, 1.807) is 30.3 Å². The van der Waals surface area contributed by atoms with E-state index in [4.69, 9.17) is 4.74 Å². The van der Waals surface area contributed by atoms with E-state index in [0.717, 1.165) is 22.3 Å². The first kappa shape index (κ1) is 31.8. The molecule has 11 nitrogen and oxygen atoms in total. The predicted molar refractivity (Wildman–Crippen MR) is 167 cm³/mol. The van der Waals surface area contributed by atoms with Gasteiger partial charge in [-0.15, -0.1) is 0 Å². The lowest BCUT2D eigenvalue weighted by atomic mass is 10.00. The van der Waals surface area contributed by atoms with E-state index in [0.29, 0.717) is 54.8 Å². The minimum Gasteiger partial charge on any atom is -0.444 e. The van der Waals surface area contributed by atoms with Gasteiger partial charge in [0, 0.05) is 73.4 Å². The quantitative estimate of drug-likeness (QED) is 0.205. The number of benzene rings is 1. The number of pyridine rings is 2. The van der Waals surface area contributed by atoms with Crippen LogP contribution in [0.25, 0.3) is 22.2 Å². The number of ether oxygens (including phenoxy) is 1. The third kappa shape index (κ3) is 6.75. The molecule has 1 saturated heterocycles. The van der Waals surface area contributed by atoms with Gasteiger partial charge in [0.05, 0.1) is 11.3 Å². The number of amides is 1. The number of H-pyrrole nitrogens is 1. The third-order valence-corrected chi connectivity index (χ3v) is 8.13. The Morgan fingerprint density at radius 2 is 1.73 bits per heavy atom. The molecule has 0 bridgehead atoms. The number of anilines is 2. The van der Waals surface area contributed by atoms with Crippen molar-refractivity contribution < 1.29 is 31.5 Å². The molecule has 0 aliphatic carbocycles. The highest BCUT2D eigenvalue weighted by Gasteiger charge is 2.28. The summed E-state index contributed by atoms with van der Waals surface area (Å²) >= 11 is 0. The topological polar surface area (TPSA) is 129 Å². The van der Waals surface area contributed by atoms with Gasteiger partial charge in [0.15, 0.2) is 5.82 Å².